The monoisotopic (exact) mass is 472 g/mol. The molecule has 1 aromatic rings. The molecular formula is C24H32N4O6. The van der Waals surface area contributed by atoms with E-state index < -0.39 is 17.7 Å². The lowest BCUT2D eigenvalue weighted by atomic mass is 9.85. The van der Waals surface area contributed by atoms with Gasteiger partial charge in [0.25, 0.3) is 0 Å². The molecule has 2 N–H and O–H groups in total. The van der Waals surface area contributed by atoms with Crippen molar-refractivity contribution >= 4 is 23.8 Å². The Balaban J connectivity index is 1.30. The van der Waals surface area contributed by atoms with Crippen molar-refractivity contribution in [3.8, 4) is 0 Å². The number of ketones is 1. The normalized spacial score (nSPS) is 22.5. The number of carbonyl (C=O) groups excluding carboxylic acids is 4. The fourth-order valence-corrected chi connectivity index (χ4v) is 4.58. The first-order valence-corrected chi connectivity index (χ1v) is 11.6. The van der Waals surface area contributed by atoms with Gasteiger partial charge in [-0.25, -0.2) is 9.59 Å². The minimum absolute atomic E-state index is 0.0765. The summed E-state index contributed by atoms with van der Waals surface area (Å²) in [6.45, 7) is 5.40. The smallest absolute Gasteiger partial charge is 0.408 e. The van der Waals surface area contributed by atoms with E-state index >= 15 is 0 Å². The molecule has 0 aromatic heterocycles. The predicted molar refractivity (Wildman–Crippen MR) is 121 cm³/mol. The van der Waals surface area contributed by atoms with Crippen molar-refractivity contribution in [2.45, 2.75) is 64.3 Å². The third-order valence-corrected chi connectivity index (χ3v) is 6.47. The number of nitrogens with one attached hydrogen (secondary N) is 2. The number of hydrogen-bond donors (Lipinski definition) is 2. The number of alkyl carbamates (subject to hydrolysis) is 1. The van der Waals surface area contributed by atoms with Crippen LogP contribution in [0.25, 0.3) is 0 Å². The van der Waals surface area contributed by atoms with Crippen LogP contribution in [-0.4, -0.2) is 71.1 Å². The molecule has 2 atom stereocenters. The van der Waals surface area contributed by atoms with Crippen LogP contribution < -0.4 is 10.6 Å². The molecule has 0 radical (unpaired) electrons. The molecule has 2 heterocycles. The van der Waals surface area contributed by atoms with Crippen LogP contribution in [0.4, 0.5) is 9.59 Å². The molecule has 184 valence electrons. The molecule has 1 spiro atoms. The zero-order valence-corrected chi connectivity index (χ0v) is 19.8. The molecule has 1 aromatic carbocycles. The SMILES string of the molecule is CC(C)(C)OC(=O)NCC(=O)CNC(=O)[C@@H]1CC2(CC2)[C@@H]2CN1C(=O)N2OCc1ccccc1. The number of benzene rings is 1. The van der Waals surface area contributed by atoms with E-state index in [0.717, 1.165) is 18.4 Å². The molecule has 3 aliphatic rings. The molecular weight excluding hydrogens is 440 g/mol. The van der Waals surface area contributed by atoms with Gasteiger partial charge in [0, 0.05) is 6.54 Å². The lowest BCUT2D eigenvalue weighted by molar-refractivity contribution is -0.153. The van der Waals surface area contributed by atoms with Gasteiger partial charge in [0.1, 0.15) is 18.2 Å². The number of carbonyl (C=O) groups is 4. The summed E-state index contributed by atoms with van der Waals surface area (Å²) >= 11 is 0. The highest BCUT2D eigenvalue weighted by atomic mass is 16.7. The highest BCUT2D eigenvalue weighted by molar-refractivity contribution is 5.93. The Labute approximate surface area is 198 Å². The van der Waals surface area contributed by atoms with Gasteiger partial charge in [0.2, 0.25) is 5.91 Å². The molecule has 10 heteroatoms. The van der Waals surface area contributed by atoms with Crippen LogP contribution in [0, 0.1) is 5.41 Å². The van der Waals surface area contributed by atoms with Crippen LogP contribution >= 0.6 is 0 Å². The van der Waals surface area contributed by atoms with E-state index in [2.05, 4.69) is 10.6 Å². The van der Waals surface area contributed by atoms with Crippen molar-refractivity contribution in [1.82, 2.24) is 20.6 Å². The number of rotatable bonds is 8. The van der Waals surface area contributed by atoms with E-state index in [1.807, 2.05) is 30.3 Å². The summed E-state index contributed by atoms with van der Waals surface area (Å²) in [7, 11) is 0. The molecule has 1 saturated carbocycles. The third kappa shape index (κ3) is 5.32. The largest absolute Gasteiger partial charge is 0.444 e. The average molecular weight is 473 g/mol. The Kier molecular flexibility index (Phi) is 6.53. The van der Waals surface area contributed by atoms with Gasteiger partial charge < -0.3 is 20.3 Å². The second-order valence-corrected chi connectivity index (χ2v) is 10.2. The first kappa shape index (κ1) is 24.0. The number of urea groups is 1. The zero-order valence-electron chi connectivity index (χ0n) is 19.8. The molecule has 3 fully saturated rings. The van der Waals surface area contributed by atoms with Gasteiger partial charge in [-0.3, -0.25) is 14.4 Å². The van der Waals surface area contributed by atoms with Crippen LogP contribution in [-0.2, 0) is 25.8 Å². The van der Waals surface area contributed by atoms with Crippen molar-refractivity contribution in [3.63, 3.8) is 0 Å². The van der Waals surface area contributed by atoms with Gasteiger partial charge in [-0.2, -0.15) is 5.06 Å². The summed E-state index contributed by atoms with van der Waals surface area (Å²) in [5.74, 6) is -0.733. The fourth-order valence-electron chi connectivity index (χ4n) is 4.58. The standard InChI is InChI=1S/C24H32N4O6/c1-23(2,3)34-21(31)26-13-17(29)12-25-20(30)18-11-24(9-10-24)19-14-27(18)22(32)28(19)33-15-16-7-5-4-6-8-16/h4-8,18-19H,9-15H2,1-3H3,(H,25,30)(H,26,31)/t18-,19-/m0/s1. The molecule has 4 rings (SSSR count). The molecule has 2 saturated heterocycles. The second-order valence-electron chi connectivity index (χ2n) is 10.2. The molecule has 34 heavy (non-hydrogen) atoms. The Morgan fingerprint density at radius 3 is 2.41 bits per heavy atom. The topological polar surface area (TPSA) is 117 Å². The Bertz CT molecular complexity index is 956. The second kappa shape index (κ2) is 9.25. The highest BCUT2D eigenvalue weighted by Crippen LogP contribution is 2.59. The predicted octanol–water partition coefficient (Wildman–Crippen LogP) is 1.99. The number of hydrogen-bond acceptors (Lipinski definition) is 6. The van der Waals surface area contributed by atoms with Gasteiger partial charge in [-0.05, 0) is 51.0 Å². The van der Waals surface area contributed by atoms with E-state index in [0.29, 0.717) is 13.0 Å². The molecule has 1 aliphatic carbocycles. The summed E-state index contributed by atoms with van der Waals surface area (Å²) < 4.78 is 5.09. The van der Waals surface area contributed by atoms with Gasteiger partial charge in [0.05, 0.1) is 19.1 Å². The van der Waals surface area contributed by atoms with E-state index in [9.17, 15) is 19.2 Å². The Morgan fingerprint density at radius 2 is 1.76 bits per heavy atom. The number of piperidine rings is 1. The Hall–Kier alpha value is -3.14. The number of amides is 4. The average Bonchev–Trinajstić information content (AvgIpc) is 3.49. The Morgan fingerprint density at radius 1 is 1.09 bits per heavy atom. The summed E-state index contributed by atoms with van der Waals surface area (Å²) in [6.07, 6.45) is 1.73. The van der Waals surface area contributed by atoms with Crippen molar-refractivity contribution in [2.75, 3.05) is 19.6 Å². The van der Waals surface area contributed by atoms with E-state index in [1.54, 1.807) is 20.8 Å². The summed E-state index contributed by atoms with van der Waals surface area (Å²) in [5, 5.41) is 6.46. The summed E-state index contributed by atoms with van der Waals surface area (Å²) in [6, 6.07) is 8.58. The van der Waals surface area contributed by atoms with E-state index in [-0.39, 0.29) is 48.9 Å². The van der Waals surface area contributed by atoms with Crippen molar-refractivity contribution in [2.24, 2.45) is 5.41 Å². The number of Topliss-reactive ketones (excluding diaryl/α,β-unsaturated/α-hetero) is 1. The zero-order chi connectivity index (χ0) is 24.5. The summed E-state index contributed by atoms with van der Waals surface area (Å²) in [4.78, 5) is 57.3. The van der Waals surface area contributed by atoms with Gasteiger partial charge in [-0.1, -0.05) is 30.3 Å². The number of ether oxygens (including phenoxy) is 1. The molecule has 10 nitrogen and oxygen atoms in total. The maximum absolute atomic E-state index is 13.1. The highest BCUT2D eigenvalue weighted by Gasteiger charge is 2.64. The van der Waals surface area contributed by atoms with Crippen LogP contribution in [0.3, 0.4) is 0 Å². The first-order chi connectivity index (χ1) is 16.1. The van der Waals surface area contributed by atoms with Crippen molar-refractivity contribution in [1.29, 1.82) is 0 Å². The number of nitrogens with zero attached hydrogens (tertiary/aromatic N) is 2. The van der Waals surface area contributed by atoms with Crippen molar-refractivity contribution in [3.05, 3.63) is 35.9 Å². The molecule has 4 amide bonds. The minimum Gasteiger partial charge on any atom is -0.444 e. The van der Waals surface area contributed by atoms with Crippen LogP contribution in [0.5, 0.6) is 0 Å². The summed E-state index contributed by atoms with van der Waals surface area (Å²) in [5.41, 5.74) is 0.174. The minimum atomic E-state index is -0.695. The quantitative estimate of drug-likeness (QED) is 0.598. The maximum atomic E-state index is 13.1. The van der Waals surface area contributed by atoms with Gasteiger partial charge in [-0.15, -0.1) is 0 Å². The van der Waals surface area contributed by atoms with Crippen LogP contribution in [0.15, 0.2) is 30.3 Å². The maximum Gasteiger partial charge on any atom is 0.408 e. The van der Waals surface area contributed by atoms with Crippen LogP contribution in [0.2, 0.25) is 0 Å². The van der Waals surface area contributed by atoms with Crippen LogP contribution in [0.1, 0.15) is 45.6 Å². The van der Waals surface area contributed by atoms with E-state index in [4.69, 9.17) is 9.57 Å². The number of hydroxylamine groups is 2. The van der Waals surface area contributed by atoms with Gasteiger partial charge in [0.15, 0.2) is 5.78 Å². The lowest BCUT2D eigenvalue weighted by Gasteiger charge is -2.35. The third-order valence-electron chi connectivity index (χ3n) is 6.47. The number of fused-ring (bicyclic) bond motifs is 3. The molecule has 2 bridgehead atoms. The molecule has 0 unspecified atom stereocenters. The first-order valence-electron chi connectivity index (χ1n) is 11.6. The van der Waals surface area contributed by atoms with E-state index in [1.165, 1.54) is 9.96 Å². The molecule has 2 aliphatic heterocycles. The lowest BCUT2D eigenvalue weighted by Crippen LogP contribution is -2.53. The van der Waals surface area contributed by atoms with Gasteiger partial charge >= 0.3 is 12.1 Å². The fraction of sp³-hybridized carbons (Fsp3) is 0.583. The van der Waals surface area contributed by atoms with Crippen molar-refractivity contribution < 1.29 is 28.8 Å².